The third-order valence-electron chi connectivity index (χ3n) is 5.03. The molecular formula is C23H33NO3. The molecule has 27 heavy (non-hydrogen) atoms. The predicted molar refractivity (Wildman–Crippen MR) is 108 cm³/mol. The highest BCUT2D eigenvalue weighted by Gasteiger charge is 2.25. The second kappa shape index (κ2) is 12.3. The summed E-state index contributed by atoms with van der Waals surface area (Å²) < 4.78 is 5.39. The Morgan fingerprint density at radius 1 is 0.963 bits per heavy atom. The molecule has 1 aromatic carbocycles. The third kappa shape index (κ3) is 7.58. The number of aromatic nitrogens is 1. The number of hydrogen-bond donors (Lipinski definition) is 1. The van der Waals surface area contributed by atoms with E-state index in [1.165, 1.54) is 57.8 Å². The summed E-state index contributed by atoms with van der Waals surface area (Å²) in [5.74, 6) is -0.886. The fourth-order valence-electron chi connectivity index (χ4n) is 3.45. The van der Waals surface area contributed by atoms with Crippen LogP contribution in [0.2, 0.25) is 0 Å². The minimum absolute atomic E-state index is 0.482. The summed E-state index contributed by atoms with van der Waals surface area (Å²) in [6, 6.07) is 11.0. The van der Waals surface area contributed by atoms with E-state index in [0.717, 1.165) is 24.2 Å². The number of hydrogen-bond acceptors (Lipinski definition) is 3. The van der Waals surface area contributed by atoms with E-state index in [1.54, 1.807) is 6.07 Å². The highest BCUT2D eigenvalue weighted by atomic mass is 16.5. The number of nitrogens with zero attached hydrogens (tertiary/aromatic N) is 1. The van der Waals surface area contributed by atoms with Crippen molar-refractivity contribution in [2.75, 3.05) is 0 Å². The van der Waals surface area contributed by atoms with Gasteiger partial charge in [-0.1, -0.05) is 100 Å². The molecule has 1 aromatic heterocycles. The first-order chi connectivity index (χ1) is 13.2. The van der Waals surface area contributed by atoms with Crippen molar-refractivity contribution in [3.8, 4) is 0 Å². The van der Waals surface area contributed by atoms with Crippen LogP contribution in [0.15, 0.2) is 40.9 Å². The van der Waals surface area contributed by atoms with Crippen LogP contribution in [-0.2, 0) is 11.2 Å². The average molecular weight is 372 g/mol. The first kappa shape index (κ1) is 21.2. The number of carboxylic acid groups (broad SMARTS) is 1. The van der Waals surface area contributed by atoms with Gasteiger partial charge in [0, 0.05) is 12.5 Å². The lowest BCUT2D eigenvalue weighted by Gasteiger charge is -2.08. The molecule has 0 aliphatic rings. The Morgan fingerprint density at radius 3 is 2.15 bits per heavy atom. The molecule has 1 unspecified atom stereocenters. The molecule has 0 bridgehead atoms. The Bertz CT molecular complexity index is 651. The summed E-state index contributed by atoms with van der Waals surface area (Å²) >= 11 is 0. The lowest BCUT2D eigenvalue weighted by atomic mass is 9.95. The van der Waals surface area contributed by atoms with Crippen LogP contribution in [0.5, 0.6) is 0 Å². The molecule has 0 spiro atoms. The topological polar surface area (TPSA) is 63.3 Å². The zero-order valence-electron chi connectivity index (χ0n) is 16.5. The molecule has 4 nitrogen and oxygen atoms in total. The normalized spacial score (nSPS) is 12.2. The third-order valence-corrected chi connectivity index (χ3v) is 5.03. The molecule has 0 aliphatic heterocycles. The molecule has 4 heteroatoms. The number of carbonyl (C=O) groups is 1. The van der Waals surface area contributed by atoms with E-state index < -0.39 is 11.9 Å². The molecule has 1 heterocycles. The standard InChI is InChI=1S/C23H33NO3/c1-2-3-4-5-6-7-8-9-10-14-17-20-18-21(24-27-20)22(23(25)26)19-15-12-11-13-16-19/h11-13,15-16,18,22H,2-10,14,17H2,1H3,(H,25,26). The summed E-state index contributed by atoms with van der Waals surface area (Å²) in [6.45, 7) is 2.25. The highest BCUT2D eigenvalue weighted by Crippen LogP contribution is 2.25. The maximum atomic E-state index is 11.7. The molecule has 1 N–H and O–H groups in total. The second-order valence-electron chi connectivity index (χ2n) is 7.33. The van der Waals surface area contributed by atoms with Gasteiger partial charge >= 0.3 is 5.97 Å². The summed E-state index contributed by atoms with van der Waals surface area (Å²) in [6.07, 6.45) is 13.8. The highest BCUT2D eigenvalue weighted by molar-refractivity contribution is 5.79. The van der Waals surface area contributed by atoms with Crippen LogP contribution in [0.4, 0.5) is 0 Å². The van der Waals surface area contributed by atoms with Crippen molar-refractivity contribution in [2.24, 2.45) is 0 Å². The summed E-state index contributed by atoms with van der Waals surface area (Å²) in [7, 11) is 0. The maximum Gasteiger partial charge on any atom is 0.317 e. The van der Waals surface area contributed by atoms with Crippen molar-refractivity contribution in [1.82, 2.24) is 5.16 Å². The van der Waals surface area contributed by atoms with Crippen molar-refractivity contribution >= 4 is 5.97 Å². The zero-order chi connectivity index (χ0) is 19.3. The van der Waals surface area contributed by atoms with Crippen LogP contribution in [0.25, 0.3) is 0 Å². The lowest BCUT2D eigenvalue weighted by Crippen LogP contribution is -2.13. The monoisotopic (exact) mass is 371 g/mol. The fourth-order valence-corrected chi connectivity index (χ4v) is 3.45. The van der Waals surface area contributed by atoms with Gasteiger partial charge in [0.05, 0.1) is 0 Å². The van der Waals surface area contributed by atoms with Gasteiger partial charge in [-0.2, -0.15) is 0 Å². The molecule has 2 rings (SSSR count). The van der Waals surface area contributed by atoms with Crippen LogP contribution < -0.4 is 0 Å². The smallest absolute Gasteiger partial charge is 0.317 e. The van der Waals surface area contributed by atoms with Crippen LogP contribution in [0, 0.1) is 0 Å². The Labute approximate surface area is 163 Å². The van der Waals surface area contributed by atoms with Gasteiger partial charge in [0.15, 0.2) is 0 Å². The molecule has 0 fully saturated rings. The summed E-state index contributed by atoms with van der Waals surface area (Å²) in [5, 5.41) is 13.6. The molecule has 1 atom stereocenters. The molecule has 148 valence electrons. The minimum Gasteiger partial charge on any atom is -0.480 e. The van der Waals surface area contributed by atoms with E-state index >= 15 is 0 Å². The predicted octanol–water partition coefficient (Wildman–Crippen LogP) is 6.35. The van der Waals surface area contributed by atoms with E-state index in [9.17, 15) is 9.90 Å². The number of aryl methyl sites for hydroxylation is 1. The van der Waals surface area contributed by atoms with Gasteiger partial charge in [-0.15, -0.1) is 0 Å². The fraction of sp³-hybridized carbons (Fsp3) is 0.565. The first-order valence-electron chi connectivity index (χ1n) is 10.5. The molecule has 2 aromatic rings. The average Bonchev–Trinajstić information content (AvgIpc) is 3.12. The van der Waals surface area contributed by atoms with E-state index in [0.29, 0.717) is 5.69 Å². The number of rotatable bonds is 14. The molecule has 0 aliphatic carbocycles. The van der Waals surface area contributed by atoms with Gasteiger partial charge in [-0.3, -0.25) is 4.79 Å². The van der Waals surface area contributed by atoms with Gasteiger partial charge in [0.2, 0.25) is 0 Å². The van der Waals surface area contributed by atoms with Crippen molar-refractivity contribution in [3.63, 3.8) is 0 Å². The number of aliphatic carboxylic acids is 1. The van der Waals surface area contributed by atoms with Crippen LogP contribution >= 0.6 is 0 Å². The SMILES string of the molecule is CCCCCCCCCCCCc1cc(C(C(=O)O)c2ccccc2)no1. The van der Waals surface area contributed by atoms with E-state index in [1.807, 2.05) is 30.3 Å². The Morgan fingerprint density at radius 2 is 1.56 bits per heavy atom. The number of carboxylic acids is 1. The minimum atomic E-state index is -0.903. The van der Waals surface area contributed by atoms with Gasteiger partial charge in [-0.25, -0.2) is 0 Å². The van der Waals surface area contributed by atoms with Gasteiger partial charge in [0.25, 0.3) is 0 Å². The molecular weight excluding hydrogens is 338 g/mol. The second-order valence-corrected chi connectivity index (χ2v) is 7.33. The van der Waals surface area contributed by atoms with Crippen LogP contribution in [0.1, 0.15) is 94.1 Å². The summed E-state index contributed by atoms with van der Waals surface area (Å²) in [4.78, 5) is 11.7. The van der Waals surface area contributed by atoms with Crippen molar-refractivity contribution in [3.05, 3.63) is 53.4 Å². The molecule has 0 saturated carbocycles. The largest absolute Gasteiger partial charge is 0.480 e. The molecule has 0 radical (unpaired) electrons. The van der Waals surface area contributed by atoms with Gasteiger partial charge < -0.3 is 9.63 Å². The Balaban J connectivity index is 1.69. The quantitative estimate of drug-likeness (QED) is 0.393. The zero-order valence-corrected chi connectivity index (χ0v) is 16.5. The van der Waals surface area contributed by atoms with Crippen molar-refractivity contribution in [2.45, 2.75) is 83.5 Å². The van der Waals surface area contributed by atoms with Crippen molar-refractivity contribution < 1.29 is 14.4 Å². The lowest BCUT2D eigenvalue weighted by molar-refractivity contribution is -0.137. The summed E-state index contributed by atoms with van der Waals surface area (Å²) in [5.41, 5.74) is 1.21. The Kier molecular flexibility index (Phi) is 9.67. The van der Waals surface area contributed by atoms with Gasteiger partial charge in [0.1, 0.15) is 17.4 Å². The Hall–Kier alpha value is -2.10. The van der Waals surface area contributed by atoms with E-state index in [-0.39, 0.29) is 0 Å². The van der Waals surface area contributed by atoms with Gasteiger partial charge in [-0.05, 0) is 12.0 Å². The molecule has 0 amide bonds. The number of unbranched alkanes of at least 4 members (excludes halogenated alkanes) is 9. The van der Waals surface area contributed by atoms with Crippen LogP contribution in [-0.4, -0.2) is 16.2 Å². The first-order valence-corrected chi connectivity index (χ1v) is 10.5. The van der Waals surface area contributed by atoms with E-state index in [2.05, 4.69) is 12.1 Å². The molecule has 0 saturated heterocycles. The van der Waals surface area contributed by atoms with Crippen molar-refractivity contribution in [1.29, 1.82) is 0 Å². The van der Waals surface area contributed by atoms with Crippen LogP contribution in [0.3, 0.4) is 0 Å². The number of benzene rings is 1. The maximum absolute atomic E-state index is 11.7. The van der Waals surface area contributed by atoms with E-state index in [4.69, 9.17) is 4.52 Å².